The Hall–Kier alpha value is -2.86. The largest absolute Gasteiger partial charge is 0.496 e. The average molecular weight is 442 g/mol. The van der Waals surface area contributed by atoms with Crippen molar-refractivity contribution in [2.75, 3.05) is 18.6 Å². The SMILES string of the molecule is CCOC(=O)C1=C(C)N(c2ccccc2)C(=O)/C1=C\c1cc(Br)ccc1OC. The second-order valence-electron chi connectivity index (χ2n) is 6.10. The van der Waals surface area contributed by atoms with Gasteiger partial charge in [-0.2, -0.15) is 0 Å². The quantitative estimate of drug-likeness (QED) is 0.497. The van der Waals surface area contributed by atoms with E-state index in [1.807, 2.05) is 42.5 Å². The van der Waals surface area contributed by atoms with E-state index >= 15 is 0 Å². The number of allylic oxidation sites excluding steroid dienone is 1. The molecule has 0 fully saturated rings. The Morgan fingerprint density at radius 2 is 1.89 bits per heavy atom. The van der Waals surface area contributed by atoms with Gasteiger partial charge in [0.05, 0.1) is 24.9 Å². The van der Waals surface area contributed by atoms with Crippen LogP contribution in [0.1, 0.15) is 19.4 Å². The van der Waals surface area contributed by atoms with E-state index in [-0.39, 0.29) is 23.7 Å². The van der Waals surface area contributed by atoms with E-state index in [1.54, 1.807) is 33.1 Å². The van der Waals surface area contributed by atoms with Crippen molar-refractivity contribution in [3.8, 4) is 5.75 Å². The van der Waals surface area contributed by atoms with E-state index in [0.29, 0.717) is 22.7 Å². The first-order valence-corrected chi connectivity index (χ1v) is 9.60. The molecule has 1 heterocycles. The molecule has 0 atom stereocenters. The summed E-state index contributed by atoms with van der Waals surface area (Å²) in [7, 11) is 1.56. The van der Waals surface area contributed by atoms with Crippen molar-refractivity contribution < 1.29 is 19.1 Å². The lowest BCUT2D eigenvalue weighted by atomic mass is 10.0. The highest BCUT2D eigenvalue weighted by atomic mass is 79.9. The number of para-hydroxylation sites is 1. The molecule has 0 unspecified atom stereocenters. The fourth-order valence-corrected chi connectivity index (χ4v) is 3.52. The first-order chi connectivity index (χ1) is 13.5. The number of halogens is 1. The van der Waals surface area contributed by atoms with Gasteiger partial charge in [0, 0.05) is 21.4 Å². The number of rotatable bonds is 5. The van der Waals surface area contributed by atoms with Gasteiger partial charge in [0.1, 0.15) is 5.75 Å². The van der Waals surface area contributed by atoms with Gasteiger partial charge in [0.25, 0.3) is 5.91 Å². The molecule has 0 spiro atoms. The molecule has 5 nitrogen and oxygen atoms in total. The highest BCUT2D eigenvalue weighted by molar-refractivity contribution is 9.10. The van der Waals surface area contributed by atoms with Gasteiger partial charge >= 0.3 is 5.97 Å². The summed E-state index contributed by atoms with van der Waals surface area (Å²) in [6, 6.07) is 14.7. The van der Waals surface area contributed by atoms with Crippen molar-refractivity contribution in [2.24, 2.45) is 0 Å². The molecule has 3 rings (SSSR count). The van der Waals surface area contributed by atoms with Crippen LogP contribution in [0.5, 0.6) is 5.75 Å². The molecule has 0 aliphatic carbocycles. The number of hydrogen-bond acceptors (Lipinski definition) is 4. The van der Waals surface area contributed by atoms with Crippen LogP contribution in [0.25, 0.3) is 6.08 Å². The van der Waals surface area contributed by atoms with Crippen LogP contribution in [-0.2, 0) is 14.3 Å². The summed E-state index contributed by atoms with van der Waals surface area (Å²) in [6.07, 6.45) is 1.67. The fourth-order valence-electron chi connectivity index (χ4n) is 3.14. The lowest BCUT2D eigenvalue weighted by Gasteiger charge is -2.17. The van der Waals surface area contributed by atoms with Crippen molar-refractivity contribution in [2.45, 2.75) is 13.8 Å². The Kier molecular flexibility index (Phi) is 5.99. The van der Waals surface area contributed by atoms with E-state index in [1.165, 1.54) is 4.90 Å². The van der Waals surface area contributed by atoms with Crippen molar-refractivity contribution in [3.05, 3.63) is 75.4 Å². The molecule has 6 heteroatoms. The van der Waals surface area contributed by atoms with Gasteiger partial charge in [-0.3, -0.25) is 9.69 Å². The standard InChI is InChI=1S/C22H20BrNO4/c1-4-28-22(26)20-14(2)24(17-8-6-5-7-9-17)21(25)18(20)13-15-12-16(23)10-11-19(15)27-3/h5-13H,4H2,1-3H3/b18-13-. The number of hydrogen-bond donors (Lipinski definition) is 0. The van der Waals surface area contributed by atoms with Crippen LogP contribution < -0.4 is 9.64 Å². The predicted octanol–water partition coefficient (Wildman–Crippen LogP) is 4.73. The number of anilines is 1. The van der Waals surface area contributed by atoms with E-state index in [4.69, 9.17) is 9.47 Å². The summed E-state index contributed by atoms with van der Waals surface area (Å²) in [4.78, 5) is 27.5. The zero-order valence-corrected chi connectivity index (χ0v) is 17.4. The number of nitrogens with zero attached hydrogens (tertiary/aromatic N) is 1. The van der Waals surface area contributed by atoms with Crippen molar-refractivity contribution >= 4 is 39.6 Å². The highest BCUT2D eigenvalue weighted by Gasteiger charge is 2.38. The van der Waals surface area contributed by atoms with Gasteiger partial charge in [-0.05, 0) is 50.3 Å². The van der Waals surface area contributed by atoms with Crippen molar-refractivity contribution in [1.29, 1.82) is 0 Å². The van der Waals surface area contributed by atoms with E-state index < -0.39 is 5.97 Å². The van der Waals surface area contributed by atoms with E-state index in [9.17, 15) is 9.59 Å². The summed E-state index contributed by atoms with van der Waals surface area (Å²) in [5.74, 6) is -0.205. The Morgan fingerprint density at radius 3 is 2.54 bits per heavy atom. The van der Waals surface area contributed by atoms with Crippen molar-refractivity contribution in [1.82, 2.24) is 0 Å². The normalized spacial score (nSPS) is 15.4. The van der Waals surface area contributed by atoms with Crippen LogP contribution in [0.15, 0.2) is 69.8 Å². The van der Waals surface area contributed by atoms with Gasteiger partial charge in [-0.1, -0.05) is 34.1 Å². The van der Waals surface area contributed by atoms with Crippen LogP contribution in [0.2, 0.25) is 0 Å². The van der Waals surface area contributed by atoms with Crippen LogP contribution in [0, 0.1) is 0 Å². The molecule has 0 saturated carbocycles. The summed E-state index contributed by atoms with van der Waals surface area (Å²) >= 11 is 3.44. The van der Waals surface area contributed by atoms with Gasteiger partial charge in [-0.15, -0.1) is 0 Å². The lowest BCUT2D eigenvalue weighted by molar-refractivity contribution is -0.138. The molecule has 0 N–H and O–H groups in total. The monoisotopic (exact) mass is 441 g/mol. The Labute approximate surface area is 172 Å². The molecule has 1 aliphatic rings. The fraction of sp³-hybridized carbons (Fsp3) is 0.182. The summed E-state index contributed by atoms with van der Waals surface area (Å²) in [5.41, 5.74) is 2.45. The maximum Gasteiger partial charge on any atom is 0.340 e. The molecule has 144 valence electrons. The van der Waals surface area contributed by atoms with E-state index in [0.717, 1.165) is 4.47 Å². The van der Waals surface area contributed by atoms with Gasteiger partial charge in [0.2, 0.25) is 0 Å². The minimum Gasteiger partial charge on any atom is -0.496 e. The number of ether oxygens (including phenoxy) is 2. The molecule has 0 bridgehead atoms. The lowest BCUT2D eigenvalue weighted by Crippen LogP contribution is -2.24. The van der Waals surface area contributed by atoms with Crippen LogP contribution in [-0.4, -0.2) is 25.6 Å². The van der Waals surface area contributed by atoms with Gasteiger partial charge in [0.15, 0.2) is 0 Å². The number of amides is 1. The smallest absolute Gasteiger partial charge is 0.340 e. The third-order valence-electron chi connectivity index (χ3n) is 4.39. The van der Waals surface area contributed by atoms with Crippen LogP contribution in [0.3, 0.4) is 0 Å². The van der Waals surface area contributed by atoms with Gasteiger partial charge < -0.3 is 9.47 Å². The zero-order chi connectivity index (χ0) is 20.3. The molecule has 1 aliphatic heterocycles. The molecule has 0 radical (unpaired) electrons. The van der Waals surface area contributed by atoms with Crippen LogP contribution >= 0.6 is 15.9 Å². The summed E-state index contributed by atoms with van der Waals surface area (Å²) < 4.78 is 11.5. The van der Waals surface area contributed by atoms with Gasteiger partial charge in [-0.25, -0.2) is 4.79 Å². The second-order valence-corrected chi connectivity index (χ2v) is 7.02. The molecule has 2 aromatic carbocycles. The summed E-state index contributed by atoms with van der Waals surface area (Å²) in [5, 5.41) is 0. The summed E-state index contributed by atoms with van der Waals surface area (Å²) in [6.45, 7) is 3.71. The number of benzene rings is 2. The maximum absolute atomic E-state index is 13.3. The minimum absolute atomic E-state index is 0.225. The number of carbonyl (C=O) groups excluding carboxylic acids is 2. The number of methoxy groups -OCH3 is 1. The minimum atomic E-state index is -0.521. The Bertz CT molecular complexity index is 979. The third-order valence-corrected chi connectivity index (χ3v) is 4.88. The Morgan fingerprint density at radius 1 is 1.18 bits per heavy atom. The second kappa shape index (κ2) is 8.44. The van der Waals surface area contributed by atoms with E-state index in [2.05, 4.69) is 15.9 Å². The molecule has 2 aromatic rings. The molecule has 28 heavy (non-hydrogen) atoms. The topological polar surface area (TPSA) is 55.8 Å². The number of carbonyl (C=O) groups is 2. The third kappa shape index (κ3) is 3.73. The molecular weight excluding hydrogens is 422 g/mol. The Balaban J connectivity index is 2.18. The number of esters is 1. The van der Waals surface area contributed by atoms with Crippen molar-refractivity contribution in [3.63, 3.8) is 0 Å². The van der Waals surface area contributed by atoms with Crippen LogP contribution in [0.4, 0.5) is 5.69 Å². The maximum atomic E-state index is 13.3. The molecule has 0 aromatic heterocycles. The first kappa shape index (κ1) is 19.9. The zero-order valence-electron chi connectivity index (χ0n) is 15.9. The predicted molar refractivity (Wildman–Crippen MR) is 112 cm³/mol. The molecule has 1 amide bonds. The first-order valence-electron chi connectivity index (χ1n) is 8.81. The molecular formula is C22H20BrNO4. The molecule has 0 saturated heterocycles. The average Bonchev–Trinajstić information content (AvgIpc) is 2.93. The highest BCUT2D eigenvalue weighted by Crippen LogP contribution is 2.36.